The summed E-state index contributed by atoms with van der Waals surface area (Å²) in [6, 6.07) is 15.1. The second-order valence-corrected chi connectivity index (χ2v) is 10.9. The molecule has 2 aliphatic heterocycles. The smallest absolute Gasteiger partial charge is 0.253 e. The zero-order chi connectivity index (χ0) is 24.0. The van der Waals surface area contributed by atoms with Gasteiger partial charge in [-0.2, -0.15) is 0 Å². The average Bonchev–Trinajstić information content (AvgIpc) is 3.69. The molecule has 0 spiro atoms. The Morgan fingerprint density at radius 2 is 1.80 bits per heavy atom. The molecule has 0 radical (unpaired) electrons. The maximum Gasteiger partial charge on any atom is 0.253 e. The summed E-state index contributed by atoms with van der Waals surface area (Å²) in [7, 11) is 2.14. The maximum absolute atomic E-state index is 13.4. The molecule has 0 atom stereocenters. The van der Waals surface area contributed by atoms with Gasteiger partial charge in [0, 0.05) is 44.7 Å². The minimum absolute atomic E-state index is 0.145. The van der Waals surface area contributed by atoms with Crippen LogP contribution in [0.15, 0.2) is 42.5 Å². The molecule has 5 rings (SSSR count). The third-order valence-electron chi connectivity index (χ3n) is 7.70. The van der Waals surface area contributed by atoms with Crippen molar-refractivity contribution in [2.75, 3.05) is 52.9 Å². The Bertz CT molecular complexity index is 1000. The van der Waals surface area contributed by atoms with E-state index in [1.54, 1.807) is 0 Å². The third kappa shape index (κ3) is 6.86. The van der Waals surface area contributed by atoms with Crippen molar-refractivity contribution in [1.82, 2.24) is 14.7 Å². The van der Waals surface area contributed by atoms with Gasteiger partial charge >= 0.3 is 0 Å². The van der Waals surface area contributed by atoms with Crippen molar-refractivity contribution in [2.45, 2.75) is 51.5 Å². The lowest BCUT2D eigenvalue weighted by Crippen LogP contribution is -2.34. The Balaban J connectivity index is 1.37. The molecule has 1 saturated heterocycles. The first-order chi connectivity index (χ1) is 17.1. The fraction of sp³-hybridized carbons (Fsp3) is 0.567. The average molecular weight is 476 g/mol. The molecule has 2 aromatic rings. The van der Waals surface area contributed by atoms with Gasteiger partial charge in [0.25, 0.3) is 5.91 Å². The van der Waals surface area contributed by atoms with Crippen molar-refractivity contribution < 1.29 is 9.53 Å². The van der Waals surface area contributed by atoms with Crippen LogP contribution in [-0.2, 0) is 13.0 Å². The summed E-state index contributed by atoms with van der Waals surface area (Å²) in [5.41, 5.74) is 4.58. The second kappa shape index (κ2) is 11.6. The van der Waals surface area contributed by atoms with Crippen LogP contribution in [0.5, 0.6) is 5.75 Å². The Morgan fingerprint density at radius 3 is 2.69 bits per heavy atom. The van der Waals surface area contributed by atoms with E-state index in [0.29, 0.717) is 0 Å². The Labute approximate surface area is 211 Å². The van der Waals surface area contributed by atoms with Crippen LogP contribution in [0.25, 0.3) is 0 Å². The molecule has 2 aromatic carbocycles. The molecule has 188 valence electrons. The zero-order valence-corrected chi connectivity index (χ0v) is 21.4. The lowest BCUT2D eigenvalue weighted by molar-refractivity contribution is 0.0762. The van der Waals surface area contributed by atoms with Gasteiger partial charge in [-0.15, -0.1) is 0 Å². The lowest BCUT2D eigenvalue weighted by Gasteiger charge is -2.23. The highest BCUT2D eigenvalue weighted by Crippen LogP contribution is 2.31. The number of ether oxygens (including phenoxy) is 1. The molecule has 5 heteroatoms. The molecule has 1 aliphatic carbocycles. The van der Waals surface area contributed by atoms with Crippen LogP contribution in [-0.4, -0.2) is 73.5 Å². The molecular formula is C30H41N3O2. The molecule has 0 aromatic heterocycles. The predicted molar refractivity (Wildman–Crippen MR) is 141 cm³/mol. The lowest BCUT2D eigenvalue weighted by atomic mass is 9.99. The van der Waals surface area contributed by atoms with Gasteiger partial charge in [-0.1, -0.05) is 24.3 Å². The van der Waals surface area contributed by atoms with Gasteiger partial charge < -0.3 is 14.5 Å². The maximum atomic E-state index is 13.4. The number of hydrogen-bond donors (Lipinski definition) is 0. The summed E-state index contributed by atoms with van der Waals surface area (Å²) in [5, 5.41) is 0. The molecule has 5 nitrogen and oxygen atoms in total. The van der Waals surface area contributed by atoms with E-state index in [1.165, 1.54) is 49.9 Å². The van der Waals surface area contributed by atoms with Gasteiger partial charge in [0.15, 0.2) is 0 Å². The predicted octanol–water partition coefficient (Wildman–Crippen LogP) is 4.83. The monoisotopic (exact) mass is 475 g/mol. The molecule has 35 heavy (non-hydrogen) atoms. The van der Waals surface area contributed by atoms with Crippen molar-refractivity contribution >= 4 is 5.91 Å². The van der Waals surface area contributed by atoms with Gasteiger partial charge in [-0.25, -0.2) is 0 Å². The van der Waals surface area contributed by atoms with Crippen LogP contribution in [0, 0.1) is 5.92 Å². The highest BCUT2D eigenvalue weighted by Gasteiger charge is 2.24. The topological polar surface area (TPSA) is 36.0 Å². The highest BCUT2D eigenvalue weighted by atomic mass is 16.5. The summed E-state index contributed by atoms with van der Waals surface area (Å²) in [6.07, 6.45) is 8.10. The van der Waals surface area contributed by atoms with E-state index in [2.05, 4.69) is 47.2 Å². The fourth-order valence-electron chi connectivity index (χ4n) is 5.44. The SMILES string of the molecule is CN1CCCN(C(=O)c2ccc3c(c2)Cc2cccc(c2)CN(CC2CC2)CCCCCO3)CC1. The van der Waals surface area contributed by atoms with E-state index in [0.717, 1.165) is 81.4 Å². The first kappa shape index (κ1) is 24.3. The largest absolute Gasteiger partial charge is 0.493 e. The van der Waals surface area contributed by atoms with E-state index in [1.807, 2.05) is 17.0 Å². The summed E-state index contributed by atoms with van der Waals surface area (Å²) >= 11 is 0. The molecule has 0 unspecified atom stereocenters. The van der Waals surface area contributed by atoms with Gasteiger partial charge in [0.1, 0.15) is 5.75 Å². The molecule has 2 fully saturated rings. The molecule has 3 aliphatic rings. The van der Waals surface area contributed by atoms with Crippen LogP contribution in [0.1, 0.15) is 65.6 Å². The Kier molecular flexibility index (Phi) is 8.05. The minimum Gasteiger partial charge on any atom is -0.493 e. The van der Waals surface area contributed by atoms with Crippen molar-refractivity contribution in [3.8, 4) is 5.75 Å². The van der Waals surface area contributed by atoms with Crippen LogP contribution < -0.4 is 4.74 Å². The van der Waals surface area contributed by atoms with Crippen LogP contribution >= 0.6 is 0 Å². The quantitative estimate of drug-likeness (QED) is 0.637. The Morgan fingerprint density at radius 1 is 0.914 bits per heavy atom. The number of benzene rings is 2. The summed E-state index contributed by atoms with van der Waals surface area (Å²) in [5.74, 6) is 1.98. The minimum atomic E-state index is 0.145. The van der Waals surface area contributed by atoms with E-state index in [-0.39, 0.29) is 5.91 Å². The standard InChI is InChI=1S/C30H41N3O2/c1-31-13-6-15-33(17-16-31)30(34)27-11-12-29-28(21-27)20-25-7-5-8-26(19-25)23-32(22-24-9-10-24)14-3-2-4-18-35-29/h5,7-8,11-12,19,21,24H,2-4,6,9-10,13-18,20,22-23H2,1H3. The number of carbonyl (C=O) groups excluding carboxylic acids is 1. The summed E-state index contributed by atoms with van der Waals surface area (Å²) in [6.45, 7) is 7.80. The van der Waals surface area contributed by atoms with Crippen molar-refractivity contribution in [1.29, 1.82) is 0 Å². The van der Waals surface area contributed by atoms with E-state index in [9.17, 15) is 4.79 Å². The third-order valence-corrected chi connectivity index (χ3v) is 7.70. The first-order valence-electron chi connectivity index (χ1n) is 13.7. The van der Waals surface area contributed by atoms with E-state index >= 15 is 0 Å². The number of hydrogen-bond acceptors (Lipinski definition) is 4. The van der Waals surface area contributed by atoms with Crippen LogP contribution in [0.3, 0.4) is 0 Å². The fourth-order valence-corrected chi connectivity index (χ4v) is 5.44. The van der Waals surface area contributed by atoms with Crippen molar-refractivity contribution in [3.05, 3.63) is 64.7 Å². The molecule has 1 saturated carbocycles. The van der Waals surface area contributed by atoms with Gasteiger partial charge in [-0.05, 0) is 99.5 Å². The number of nitrogens with zero attached hydrogens (tertiary/aromatic N) is 3. The van der Waals surface area contributed by atoms with Crippen LogP contribution in [0.4, 0.5) is 0 Å². The zero-order valence-electron chi connectivity index (χ0n) is 21.4. The number of fused-ring (bicyclic) bond motifs is 3. The second-order valence-electron chi connectivity index (χ2n) is 10.9. The van der Waals surface area contributed by atoms with E-state index < -0.39 is 0 Å². The Hall–Kier alpha value is -2.37. The molecule has 2 heterocycles. The number of likely N-dealkylation sites (N-methyl/N-ethyl adjacent to an activating group) is 1. The normalized spacial score (nSPS) is 20.9. The van der Waals surface area contributed by atoms with E-state index in [4.69, 9.17) is 4.74 Å². The number of amides is 1. The molecule has 1 amide bonds. The summed E-state index contributed by atoms with van der Waals surface area (Å²) in [4.78, 5) is 20.4. The number of carbonyl (C=O) groups is 1. The van der Waals surface area contributed by atoms with Gasteiger partial charge in [0.05, 0.1) is 6.61 Å². The number of rotatable bonds is 3. The van der Waals surface area contributed by atoms with Gasteiger partial charge in [0.2, 0.25) is 0 Å². The summed E-state index contributed by atoms with van der Waals surface area (Å²) < 4.78 is 6.27. The molecule has 2 bridgehead atoms. The van der Waals surface area contributed by atoms with Gasteiger partial charge in [-0.3, -0.25) is 9.69 Å². The molecular weight excluding hydrogens is 434 g/mol. The molecule has 0 N–H and O–H groups in total. The van der Waals surface area contributed by atoms with Crippen molar-refractivity contribution in [3.63, 3.8) is 0 Å². The first-order valence-corrected chi connectivity index (χ1v) is 13.7. The highest BCUT2D eigenvalue weighted by molar-refractivity contribution is 5.94. The van der Waals surface area contributed by atoms with Crippen LogP contribution in [0.2, 0.25) is 0 Å². The van der Waals surface area contributed by atoms with Crippen molar-refractivity contribution in [2.24, 2.45) is 5.92 Å².